The molecule has 1 saturated heterocycles. The Balaban J connectivity index is 2.32. The first kappa shape index (κ1) is 11.3. The van der Waals surface area contributed by atoms with E-state index in [0.29, 0.717) is 25.4 Å². The molecule has 0 saturated carbocycles. The molecule has 1 aliphatic carbocycles. The van der Waals surface area contributed by atoms with Gasteiger partial charge in [0.2, 0.25) is 5.79 Å². The van der Waals surface area contributed by atoms with Gasteiger partial charge in [-0.1, -0.05) is 0 Å². The van der Waals surface area contributed by atoms with E-state index in [1.54, 1.807) is 6.08 Å². The van der Waals surface area contributed by atoms with Gasteiger partial charge >= 0.3 is 0 Å². The van der Waals surface area contributed by atoms with Crippen LogP contribution in [0.15, 0.2) is 23.9 Å². The van der Waals surface area contributed by atoms with Crippen LogP contribution in [0.5, 0.6) is 0 Å². The van der Waals surface area contributed by atoms with E-state index in [2.05, 4.69) is 0 Å². The van der Waals surface area contributed by atoms with Crippen molar-refractivity contribution in [1.29, 1.82) is 0 Å². The summed E-state index contributed by atoms with van der Waals surface area (Å²) in [5.74, 6) is -1.04. The van der Waals surface area contributed by atoms with E-state index in [4.69, 9.17) is 14.6 Å². The number of ketones is 1. The molecule has 2 rings (SSSR count). The highest BCUT2D eigenvalue weighted by molar-refractivity contribution is 6.01. The van der Waals surface area contributed by atoms with Crippen LogP contribution >= 0.6 is 0 Å². The first-order valence-corrected chi connectivity index (χ1v) is 5.22. The minimum Gasteiger partial charge on any atom is -0.395 e. The molecule has 1 atom stereocenters. The average molecular weight is 225 g/mol. The molecule has 5 heteroatoms. The number of carbonyl (C=O) groups is 1. The number of ether oxygens (including phenoxy) is 2. The zero-order valence-corrected chi connectivity index (χ0v) is 9.18. The lowest BCUT2D eigenvalue weighted by molar-refractivity contribution is -0.196. The molecule has 0 spiro atoms. The second-order valence-corrected chi connectivity index (χ2v) is 3.70. The van der Waals surface area contributed by atoms with Gasteiger partial charge in [0, 0.05) is 26.3 Å². The summed E-state index contributed by atoms with van der Waals surface area (Å²) in [6, 6.07) is 0. The van der Waals surface area contributed by atoms with Gasteiger partial charge < -0.3 is 19.5 Å². The molecule has 0 aromatic carbocycles. The number of morpholine rings is 1. The summed E-state index contributed by atoms with van der Waals surface area (Å²) in [5, 5.41) is 8.98. The normalized spacial score (nSPS) is 29.0. The number of fused-ring (bicyclic) bond motifs is 1. The van der Waals surface area contributed by atoms with Crippen molar-refractivity contribution in [2.24, 2.45) is 0 Å². The number of hydrogen-bond donors (Lipinski definition) is 1. The fourth-order valence-electron chi connectivity index (χ4n) is 2.01. The second-order valence-electron chi connectivity index (χ2n) is 3.70. The van der Waals surface area contributed by atoms with Crippen LogP contribution in [0.2, 0.25) is 0 Å². The Hall–Kier alpha value is -1.17. The van der Waals surface area contributed by atoms with E-state index in [1.807, 2.05) is 4.90 Å². The van der Waals surface area contributed by atoms with E-state index in [1.165, 1.54) is 19.3 Å². The fourth-order valence-corrected chi connectivity index (χ4v) is 2.01. The second kappa shape index (κ2) is 4.37. The molecule has 5 nitrogen and oxygen atoms in total. The predicted molar refractivity (Wildman–Crippen MR) is 56.6 cm³/mol. The van der Waals surface area contributed by atoms with Crippen molar-refractivity contribution in [3.05, 3.63) is 23.9 Å². The fraction of sp³-hybridized carbons (Fsp3) is 0.545. The Labute approximate surface area is 93.9 Å². The molecule has 88 valence electrons. The van der Waals surface area contributed by atoms with Gasteiger partial charge in [-0.25, -0.2) is 0 Å². The van der Waals surface area contributed by atoms with Crippen LogP contribution in [0.1, 0.15) is 0 Å². The highest BCUT2D eigenvalue weighted by Gasteiger charge is 2.41. The summed E-state index contributed by atoms with van der Waals surface area (Å²) in [4.78, 5) is 13.3. The summed E-state index contributed by atoms with van der Waals surface area (Å²) in [5.41, 5.74) is 0.669. The SMILES string of the molecule is COC12C=CC(=O)C=C1N(CCO)CCO2. The number of aliphatic hydroxyl groups is 1. The summed E-state index contributed by atoms with van der Waals surface area (Å²) in [6.45, 7) is 1.67. The predicted octanol–water partition coefficient (Wildman–Crippen LogP) is -0.324. The van der Waals surface area contributed by atoms with Crippen LogP contribution in [0.4, 0.5) is 0 Å². The highest BCUT2D eigenvalue weighted by Crippen LogP contribution is 2.33. The number of β-amino-alcohol motifs (C(OH)–C–C–N with tert-alkyl or cyclic N) is 1. The Bertz CT molecular complexity index is 348. The number of hydrogen-bond acceptors (Lipinski definition) is 5. The van der Waals surface area contributed by atoms with Gasteiger partial charge in [0.15, 0.2) is 5.78 Å². The van der Waals surface area contributed by atoms with Crippen molar-refractivity contribution in [2.45, 2.75) is 5.79 Å². The molecule has 0 radical (unpaired) electrons. The molecule has 0 aromatic heterocycles. The smallest absolute Gasteiger partial charge is 0.230 e. The first-order valence-electron chi connectivity index (χ1n) is 5.22. The molecular weight excluding hydrogens is 210 g/mol. The van der Waals surface area contributed by atoms with Crippen LogP contribution in [-0.4, -0.2) is 55.0 Å². The zero-order chi connectivity index (χ0) is 11.6. The van der Waals surface area contributed by atoms with Crippen molar-refractivity contribution < 1.29 is 19.4 Å². The topological polar surface area (TPSA) is 59.0 Å². The van der Waals surface area contributed by atoms with Gasteiger partial charge in [-0.05, 0) is 12.2 Å². The minimum atomic E-state index is -0.957. The summed E-state index contributed by atoms with van der Waals surface area (Å²) in [7, 11) is 1.54. The summed E-state index contributed by atoms with van der Waals surface area (Å²) >= 11 is 0. The molecule has 1 fully saturated rings. The van der Waals surface area contributed by atoms with Crippen LogP contribution in [0.25, 0.3) is 0 Å². The Morgan fingerprint density at radius 2 is 2.50 bits per heavy atom. The van der Waals surface area contributed by atoms with Crippen molar-refractivity contribution >= 4 is 5.78 Å². The molecule has 1 N–H and O–H groups in total. The van der Waals surface area contributed by atoms with Crippen LogP contribution < -0.4 is 0 Å². The lowest BCUT2D eigenvalue weighted by Gasteiger charge is -2.43. The first-order chi connectivity index (χ1) is 7.72. The number of allylic oxidation sites excluding steroid dienone is 2. The van der Waals surface area contributed by atoms with Gasteiger partial charge in [-0.15, -0.1) is 0 Å². The van der Waals surface area contributed by atoms with Crippen molar-refractivity contribution in [2.75, 3.05) is 33.4 Å². The van der Waals surface area contributed by atoms with E-state index in [9.17, 15) is 4.79 Å². The van der Waals surface area contributed by atoms with E-state index < -0.39 is 5.79 Å². The maximum Gasteiger partial charge on any atom is 0.230 e. The Morgan fingerprint density at radius 1 is 1.69 bits per heavy atom. The highest BCUT2D eigenvalue weighted by atomic mass is 16.7. The average Bonchev–Trinajstić information content (AvgIpc) is 2.30. The molecule has 0 amide bonds. The lowest BCUT2D eigenvalue weighted by atomic mass is 10.0. The number of aliphatic hydroxyl groups excluding tert-OH is 1. The largest absolute Gasteiger partial charge is 0.395 e. The van der Waals surface area contributed by atoms with Crippen molar-refractivity contribution in [3.63, 3.8) is 0 Å². The van der Waals surface area contributed by atoms with Crippen LogP contribution in [0.3, 0.4) is 0 Å². The quantitative estimate of drug-likeness (QED) is 0.713. The molecule has 0 bridgehead atoms. The van der Waals surface area contributed by atoms with Gasteiger partial charge in [0.1, 0.15) is 0 Å². The van der Waals surface area contributed by atoms with E-state index in [0.717, 1.165) is 0 Å². The Kier molecular flexibility index (Phi) is 3.09. The van der Waals surface area contributed by atoms with Crippen LogP contribution in [0, 0.1) is 0 Å². The minimum absolute atomic E-state index is 0.0367. The van der Waals surface area contributed by atoms with E-state index in [-0.39, 0.29) is 12.4 Å². The third kappa shape index (κ3) is 1.77. The van der Waals surface area contributed by atoms with Gasteiger partial charge in [-0.3, -0.25) is 4.79 Å². The lowest BCUT2D eigenvalue weighted by Crippen LogP contribution is -2.51. The number of methoxy groups -OCH3 is 1. The van der Waals surface area contributed by atoms with Crippen molar-refractivity contribution in [1.82, 2.24) is 4.90 Å². The van der Waals surface area contributed by atoms with Crippen LogP contribution in [-0.2, 0) is 14.3 Å². The molecule has 1 unspecified atom stereocenters. The summed E-state index contributed by atoms with van der Waals surface area (Å²) in [6.07, 6.45) is 4.56. The number of nitrogens with zero attached hydrogens (tertiary/aromatic N) is 1. The number of rotatable bonds is 3. The Morgan fingerprint density at radius 3 is 3.19 bits per heavy atom. The van der Waals surface area contributed by atoms with Gasteiger partial charge in [0.05, 0.1) is 18.9 Å². The molecule has 16 heavy (non-hydrogen) atoms. The van der Waals surface area contributed by atoms with Crippen molar-refractivity contribution in [3.8, 4) is 0 Å². The molecule has 0 aromatic rings. The zero-order valence-electron chi connectivity index (χ0n) is 9.18. The van der Waals surface area contributed by atoms with Gasteiger partial charge in [-0.2, -0.15) is 0 Å². The van der Waals surface area contributed by atoms with Gasteiger partial charge in [0.25, 0.3) is 0 Å². The third-order valence-corrected chi connectivity index (χ3v) is 2.79. The third-order valence-electron chi connectivity index (χ3n) is 2.79. The monoisotopic (exact) mass is 225 g/mol. The summed E-state index contributed by atoms with van der Waals surface area (Å²) < 4.78 is 10.9. The molecular formula is C11H15NO4. The molecule has 2 aliphatic rings. The standard InChI is InChI=1S/C11H15NO4/c1-15-11-3-2-9(14)8-10(11)12(4-6-13)5-7-16-11/h2-3,8,13H,4-7H2,1H3. The maximum absolute atomic E-state index is 11.4. The van der Waals surface area contributed by atoms with E-state index >= 15 is 0 Å². The molecule has 1 aliphatic heterocycles. The number of carbonyl (C=O) groups excluding carboxylic acids is 1. The molecule has 1 heterocycles. The maximum atomic E-state index is 11.4.